The van der Waals surface area contributed by atoms with Crippen molar-refractivity contribution >= 4 is 6.08 Å². The van der Waals surface area contributed by atoms with Gasteiger partial charge in [0.05, 0.1) is 6.10 Å². The van der Waals surface area contributed by atoms with Gasteiger partial charge in [0, 0.05) is 19.6 Å². The van der Waals surface area contributed by atoms with E-state index in [0.717, 1.165) is 26.1 Å². The topological polar surface area (TPSA) is 23.5 Å². The molecule has 1 aliphatic rings. The molecule has 2 nitrogen and oxygen atoms in total. The first-order valence-electron chi connectivity index (χ1n) is 5.86. The van der Waals surface area contributed by atoms with Crippen molar-refractivity contribution in [3.8, 4) is 0 Å². The van der Waals surface area contributed by atoms with Gasteiger partial charge in [-0.3, -0.25) is 4.90 Å². The molecule has 0 aromatic heterocycles. The van der Waals surface area contributed by atoms with Crippen molar-refractivity contribution in [2.75, 3.05) is 19.6 Å². The van der Waals surface area contributed by atoms with Crippen molar-refractivity contribution in [1.29, 1.82) is 0 Å². The van der Waals surface area contributed by atoms with Crippen LogP contribution in [-0.2, 0) is 0 Å². The number of benzene rings is 1. The van der Waals surface area contributed by atoms with Gasteiger partial charge in [0.2, 0.25) is 0 Å². The summed E-state index contributed by atoms with van der Waals surface area (Å²) < 4.78 is 0. The molecule has 1 aromatic carbocycles. The molecule has 0 bridgehead atoms. The number of aliphatic hydroxyl groups excluding tert-OH is 1. The zero-order valence-electron chi connectivity index (χ0n) is 9.76. The third-order valence-electron chi connectivity index (χ3n) is 2.93. The number of likely N-dealkylation sites (tertiary alicyclic amines) is 1. The summed E-state index contributed by atoms with van der Waals surface area (Å²) in [6.07, 6.45) is 3.01. The standard InChI is InChI=1S/C14H19NO/c1-12(9-13-5-3-2-4-6-13)10-15-8-7-14(16)11-15/h2-6,9,14,16H,7-8,10-11H2,1H3/b12-9-/t14-/m0/s1. The molecule has 1 aliphatic heterocycles. The number of aliphatic hydroxyl groups is 1. The van der Waals surface area contributed by atoms with Gasteiger partial charge in [0.15, 0.2) is 0 Å². The van der Waals surface area contributed by atoms with Gasteiger partial charge in [-0.15, -0.1) is 0 Å². The van der Waals surface area contributed by atoms with E-state index < -0.39 is 0 Å². The number of rotatable bonds is 3. The lowest BCUT2D eigenvalue weighted by Crippen LogP contribution is -2.23. The summed E-state index contributed by atoms with van der Waals surface area (Å²) in [4.78, 5) is 2.30. The normalized spacial score (nSPS) is 22.6. The van der Waals surface area contributed by atoms with Gasteiger partial charge in [-0.05, 0) is 18.9 Å². The Hall–Kier alpha value is -1.12. The van der Waals surface area contributed by atoms with Gasteiger partial charge < -0.3 is 5.11 Å². The smallest absolute Gasteiger partial charge is 0.0679 e. The number of β-amino-alcohol motifs (C(OH)–C–C–N with tert-alkyl or cyclic N) is 1. The quantitative estimate of drug-likeness (QED) is 0.838. The summed E-state index contributed by atoms with van der Waals surface area (Å²) in [5, 5.41) is 9.44. The van der Waals surface area contributed by atoms with Crippen LogP contribution in [0.5, 0.6) is 0 Å². The zero-order valence-corrected chi connectivity index (χ0v) is 9.76. The van der Waals surface area contributed by atoms with Crippen LogP contribution in [0.1, 0.15) is 18.9 Å². The van der Waals surface area contributed by atoms with Crippen LogP contribution in [0.2, 0.25) is 0 Å². The molecular formula is C14H19NO. The largest absolute Gasteiger partial charge is 0.392 e. The van der Waals surface area contributed by atoms with E-state index in [9.17, 15) is 5.11 Å². The van der Waals surface area contributed by atoms with Gasteiger partial charge in [-0.1, -0.05) is 42.0 Å². The monoisotopic (exact) mass is 217 g/mol. The molecule has 0 amide bonds. The van der Waals surface area contributed by atoms with Crippen LogP contribution in [0.4, 0.5) is 0 Å². The minimum Gasteiger partial charge on any atom is -0.392 e. The average molecular weight is 217 g/mol. The predicted octanol–water partition coefficient (Wildman–Crippen LogP) is 2.16. The number of nitrogens with zero attached hydrogens (tertiary/aromatic N) is 1. The molecule has 1 aromatic rings. The summed E-state index contributed by atoms with van der Waals surface area (Å²) in [5.41, 5.74) is 2.60. The van der Waals surface area contributed by atoms with Gasteiger partial charge >= 0.3 is 0 Å². The van der Waals surface area contributed by atoms with Crippen LogP contribution in [0.3, 0.4) is 0 Å². The van der Waals surface area contributed by atoms with Crippen LogP contribution in [-0.4, -0.2) is 35.7 Å². The maximum atomic E-state index is 9.44. The molecule has 1 fully saturated rings. The molecule has 1 N–H and O–H groups in total. The lowest BCUT2D eigenvalue weighted by atomic mass is 10.1. The third kappa shape index (κ3) is 3.19. The second kappa shape index (κ2) is 5.28. The first kappa shape index (κ1) is 11.4. The summed E-state index contributed by atoms with van der Waals surface area (Å²) in [6.45, 7) is 4.95. The maximum Gasteiger partial charge on any atom is 0.0679 e. The Morgan fingerprint density at radius 3 is 2.81 bits per heavy atom. The minimum absolute atomic E-state index is 0.121. The van der Waals surface area contributed by atoms with Crippen molar-refractivity contribution in [3.05, 3.63) is 41.5 Å². The van der Waals surface area contributed by atoms with E-state index in [0.29, 0.717) is 0 Å². The fourth-order valence-corrected chi connectivity index (χ4v) is 2.19. The van der Waals surface area contributed by atoms with Crippen LogP contribution < -0.4 is 0 Å². The highest BCUT2D eigenvalue weighted by Gasteiger charge is 2.19. The lowest BCUT2D eigenvalue weighted by Gasteiger charge is -2.15. The van der Waals surface area contributed by atoms with Crippen molar-refractivity contribution in [1.82, 2.24) is 4.90 Å². The molecule has 1 atom stereocenters. The van der Waals surface area contributed by atoms with E-state index in [1.807, 2.05) is 6.07 Å². The highest BCUT2D eigenvalue weighted by atomic mass is 16.3. The third-order valence-corrected chi connectivity index (χ3v) is 2.93. The van der Waals surface area contributed by atoms with E-state index in [1.54, 1.807) is 0 Å². The summed E-state index contributed by atoms with van der Waals surface area (Å²) in [6, 6.07) is 10.4. The fraction of sp³-hybridized carbons (Fsp3) is 0.429. The van der Waals surface area contributed by atoms with E-state index in [2.05, 4.69) is 42.2 Å². The maximum absolute atomic E-state index is 9.44. The molecule has 0 radical (unpaired) electrons. The van der Waals surface area contributed by atoms with Crippen molar-refractivity contribution < 1.29 is 5.11 Å². The molecule has 0 saturated carbocycles. The van der Waals surface area contributed by atoms with Gasteiger partial charge in [-0.2, -0.15) is 0 Å². The van der Waals surface area contributed by atoms with Crippen molar-refractivity contribution in [3.63, 3.8) is 0 Å². The van der Waals surface area contributed by atoms with Crippen molar-refractivity contribution in [2.45, 2.75) is 19.4 Å². The Kier molecular flexibility index (Phi) is 3.75. The molecule has 1 heterocycles. The molecule has 1 saturated heterocycles. The minimum atomic E-state index is -0.121. The number of hydrogen-bond donors (Lipinski definition) is 1. The highest BCUT2D eigenvalue weighted by Crippen LogP contribution is 2.12. The van der Waals surface area contributed by atoms with Crippen LogP contribution in [0, 0.1) is 0 Å². The average Bonchev–Trinajstić information content (AvgIpc) is 2.65. The first-order valence-corrected chi connectivity index (χ1v) is 5.86. The van der Waals surface area contributed by atoms with Gasteiger partial charge in [0.25, 0.3) is 0 Å². The molecule has 0 aliphatic carbocycles. The Morgan fingerprint density at radius 2 is 2.19 bits per heavy atom. The Morgan fingerprint density at radius 1 is 1.44 bits per heavy atom. The zero-order chi connectivity index (χ0) is 11.4. The molecule has 2 heteroatoms. The van der Waals surface area contributed by atoms with Crippen LogP contribution >= 0.6 is 0 Å². The SMILES string of the molecule is C/C(=C/c1ccccc1)CN1CC[C@H](O)C1. The second-order valence-electron chi connectivity index (χ2n) is 4.58. The summed E-state index contributed by atoms with van der Waals surface area (Å²) in [5.74, 6) is 0. The molecule has 0 unspecified atom stereocenters. The Balaban J connectivity index is 1.93. The fourth-order valence-electron chi connectivity index (χ4n) is 2.19. The van der Waals surface area contributed by atoms with Gasteiger partial charge in [0.1, 0.15) is 0 Å². The van der Waals surface area contributed by atoms with E-state index in [1.165, 1.54) is 11.1 Å². The van der Waals surface area contributed by atoms with Crippen LogP contribution in [0.15, 0.2) is 35.9 Å². The summed E-state index contributed by atoms with van der Waals surface area (Å²) in [7, 11) is 0. The molecule has 2 rings (SSSR count). The molecule has 86 valence electrons. The predicted molar refractivity (Wildman–Crippen MR) is 67.2 cm³/mol. The Bertz CT molecular complexity index is 358. The highest BCUT2D eigenvalue weighted by molar-refractivity contribution is 5.52. The van der Waals surface area contributed by atoms with E-state index in [4.69, 9.17) is 0 Å². The second-order valence-corrected chi connectivity index (χ2v) is 4.58. The summed E-state index contributed by atoms with van der Waals surface area (Å²) >= 11 is 0. The molecular weight excluding hydrogens is 198 g/mol. The first-order chi connectivity index (χ1) is 7.74. The van der Waals surface area contributed by atoms with Crippen LogP contribution in [0.25, 0.3) is 6.08 Å². The van der Waals surface area contributed by atoms with E-state index in [-0.39, 0.29) is 6.10 Å². The lowest BCUT2D eigenvalue weighted by molar-refractivity contribution is 0.179. The molecule has 0 spiro atoms. The van der Waals surface area contributed by atoms with E-state index >= 15 is 0 Å². The number of hydrogen-bond acceptors (Lipinski definition) is 2. The Labute approximate surface area is 97.2 Å². The van der Waals surface area contributed by atoms with Crippen molar-refractivity contribution in [2.24, 2.45) is 0 Å². The molecule has 16 heavy (non-hydrogen) atoms. The van der Waals surface area contributed by atoms with Gasteiger partial charge in [-0.25, -0.2) is 0 Å².